The number of nitrogens with zero attached hydrogens (tertiary/aromatic N) is 3. The fourth-order valence-electron chi connectivity index (χ4n) is 3.06. The highest BCUT2D eigenvalue weighted by Crippen LogP contribution is 2.31. The molecule has 2 aliphatic heterocycles. The Morgan fingerprint density at radius 3 is 2.93 bits per heavy atom. The Morgan fingerprint density at radius 2 is 2.07 bits per heavy atom. The molecule has 3 heterocycles. The van der Waals surface area contributed by atoms with Gasteiger partial charge in [0.15, 0.2) is 11.7 Å². The number of ether oxygens (including phenoxy) is 2. The summed E-state index contributed by atoms with van der Waals surface area (Å²) in [6.07, 6.45) is 0. The summed E-state index contributed by atoms with van der Waals surface area (Å²) in [7, 11) is 0. The van der Waals surface area contributed by atoms with Crippen LogP contribution >= 0.6 is 11.3 Å². The minimum absolute atomic E-state index is 0.0642. The summed E-state index contributed by atoms with van der Waals surface area (Å²) >= 11 is 1.39. The van der Waals surface area contributed by atoms with Crippen LogP contribution in [0.25, 0.3) is 0 Å². The first kappa shape index (κ1) is 17.9. The minimum atomic E-state index is -0.285. The zero-order valence-corrected chi connectivity index (χ0v) is 15.5. The predicted molar refractivity (Wildman–Crippen MR) is 101 cm³/mol. The number of amides is 2. The number of aromatic nitrogens is 1. The van der Waals surface area contributed by atoms with Crippen LogP contribution in [0.15, 0.2) is 29.6 Å². The number of fused-ring (bicyclic) bond motifs is 1. The number of thiazole rings is 1. The Balaban J connectivity index is 1.36. The van der Waals surface area contributed by atoms with Gasteiger partial charge in [0.05, 0.1) is 24.6 Å². The normalized spacial score (nSPS) is 17.3. The third-order valence-electron chi connectivity index (χ3n) is 4.40. The lowest BCUT2D eigenvalue weighted by Gasteiger charge is -2.28. The molecule has 4 rings (SSSR count). The lowest BCUT2D eigenvalue weighted by Crippen LogP contribution is -2.43. The molecule has 0 spiro atoms. The van der Waals surface area contributed by atoms with Crippen molar-refractivity contribution in [2.75, 3.05) is 49.7 Å². The molecule has 0 aliphatic carbocycles. The maximum Gasteiger partial charge on any atom is 0.265 e. The van der Waals surface area contributed by atoms with Gasteiger partial charge in [0.1, 0.15) is 12.3 Å². The standard InChI is InChI=1S/C18H20N4O4S/c23-16(10-22-14-3-1-2-4-15(14)26-11-17(22)24)20-18-19-13(12-27-18)9-21-5-7-25-8-6-21/h1-4,12H,5-11H2,(H,19,20,23). The average molecular weight is 388 g/mol. The van der Waals surface area contributed by atoms with Gasteiger partial charge in [0.2, 0.25) is 5.91 Å². The summed E-state index contributed by atoms with van der Waals surface area (Å²) in [4.78, 5) is 32.8. The van der Waals surface area contributed by atoms with Crippen LogP contribution in [0.3, 0.4) is 0 Å². The van der Waals surface area contributed by atoms with Crippen molar-refractivity contribution >= 4 is 34.0 Å². The largest absolute Gasteiger partial charge is 0.482 e. The summed E-state index contributed by atoms with van der Waals surface area (Å²) in [6, 6.07) is 7.19. The van der Waals surface area contributed by atoms with Gasteiger partial charge in [-0.2, -0.15) is 0 Å². The van der Waals surface area contributed by atoms with E-state index in [0.29, 0.717) is 16.6 Å². The summed E-state index contributed by atoms with van der Waals surface area (Å²) < 4.78 is 10.7. The molecule has 2 aromatic rings. The first-order chi connectivity index (χ1) is 13.2. The molecule has 1 saturated heterocycles. The zero-order valence-electron chi connectivity index (χ0n) is 14.7. The molecular weight excluding hydrogens is 368 g/mol. The highest BCUT2D eigenvalue weighted by atomic mass is 32.1. The molecular formula is C18H20N4O4S. The first-order valence-electron chi connectivity index (χ1n) is 8.75. The van der Waals surface area contributed by atoms with Crippen LogP contribution in [0, 0.1) is 0 Å². The van der Waals surface area contributed by atoms with Crippen LogP contribution in [0.5, 0.6) is 5.75 Å². The summed E-state index contributed by atoms with van der Waals surface area (Å²) in [5.74, 6) is 0.0790. The number of carbonyl (C=O) groups is 2. The molecule has 1 N–H and O–H groups in total. The molecule has 0 radical (unpaired) electrons. The fourth-order valence-corrected chi connectivity index (χ4v) is 3.77. The van der Waals surface area contributed by atoms with Gasteiger partial charge in [-0.3, -0.25) is 19.4 Å². The van der Waals surface area contributed by atoms with E-state index in [0.717, 1.165) is 38.5 Å². The molecule has 2 aliphatic rings. The third-order valence-corrected chi connectivity index (χ3v) is 5.20. The predicted octanol–water partition coefficient (Wildman–Crippen LogP) is 1.34. The maximum absolute atomic E-state index is 12.4. The van der Waals surface area contributed by atoms with Crippen LogP contribution in [0.2, 0.25) is 0 Å². The van der Waals surface area contributed by atoms with E-state index in [2.05, 4.69) is 15.2 Å². The van der Waals surface area contributed by atoms with Gasteiger partial charge in [-0.05, 0) is 12.1 Å². The number of benzene rings is 1. The SMILES string of the molecule is O=C(CN1C(=O)COc2ccccc21)Nc1nc(CN2CCOCC2)cs1. The van der Waals surface area contributed by atoms with E-state index >= 15 is 0 Å². The van der Waals surface area contributed by atoms with Crippen molar-refractivity contribution in [1.29, 1.82) is 0 Å². The van der Waals surface area contributed by atoms with Crippen LogP contribution in [0.1, 0.15) is 5.69 Å². The molecule has 1 aromatic carbocycles. The second-order valence-corrected chi connectivity index (χ2v) is 7.18. The van der Waals surface area contributed by atoms with Crippen molar-refractivity contribution in [3.63, 3.8) is 0 Å². The van der Waals surface area contributed by atoms with E-state index in [1.165, 1.54) is 16.2 Å². The van der Waals surface area contributed by atoms with E-state index in [9.17, 15) is 9.59 Å². The summed E-state index contributed by atoms with van der Waals surface area (Å²) in [6.45, 7) is 3.86. The monoisotopic (exact) mass is 388 g/mol. The molecule has 142 valence electrons. The Labute approximate surface area is 160 Å². The van der Waals surface area contributed by atoms with Gasteiger partial charge in [-0.25, -0.2) is 4.98 Å². The van der Waals surface area contributed by atoms with Crippen LogP contribution in [0.4, 0.5) is 10.8 Å². The number of hydrogen-bond acceptors (Lipinski definition) is 7. The van der Waals surface area contributed by atoms with E-state index < -0.39 is 0 Å². The zero-order chi connectivity index (χ0) is 18.6. The number of nitrogens with one attached hydrogen (secondary N) is 1. The Kier molecular flexibility index (Phi) is 5.33. The topological polar surface area (TPSA) is 84.0 Å². The smallest absolute Gasteiger partial charge is 0.265 e. The summed E-state index contributed by atoms with van der Waals surface area (Å²) in [5.41, 5.74) is 1.53. The van der Waals surface area contributed by atoms with E-state index in [-0.39, 0.29) is 25.0 Å². The highest BCUT2D eigenvalue weighted by Gasteiger charge is 2.27. The maximum atomic E-state index is 12.4. The summed E-state index contributed by atoms with van der Waals surface area (Å²) in [5, 5.41) is 5.27. The van der Waals surface area contributed by atoms with Crippen molar-refractivity contribution < 1.29 is 19.1 Å². The van der Waals surface area contributed by atoms with E-state index in [4.69, 9.17) is 9.47 Å². The van der Waals surface area contributed by atoms with Crippen molar-refractivity contribution in [2.45, 2.75) is 6.54 Å². The van der Waals surface area contributed by atoms with Gasteiger partial charge in [0, 0.05) is 25.0 Å². The molecule has 0 saturated carbocycles. The van der Waals surface area contributed by atoms with E-state index in [1.54, 1.807) is 12.1 Å². The van der Waals surface area contributed by atoms with Crippen molar-refractivity contribution in [2.24, 2.45) is 0 Å². The molecule has 0 bridgehead atoms. The molecule has 2 amide bonds. The van der Waals surface area contributed by atoms with Crippen molar-refractivity contribution in [3.05, 3.63) is 35.3 Å². The molecule has 0 unspecified atom stereocenters. The van der Waals surface area contributed by atoms with Crippen molar-refractivity contribution in [3.8, 4) is 5.75 Å². The van der Waals surface area contributed by atoms with E-state index in [1.807, 2.05) is 17.5 Å². The van der Waals surface area contributed by atoms with Gasteiger partial charge in [0.25, 0.3) is 5.91 Å². The van der Waals surface area contributed by atoms with Crippen LogP contribution in [-0.4, -0.2) is 61.2 Å². The van der Waals surface area contributed by atoms with Gasteiger partial charge in [-0.1, -0.05) is 12.1 Å². The number of anilines is 2. The number of para-hydroxylation sites is 2. The number of rotatable bonds is 5. The highest BCUT2D eigenvalue weighted by molar-refractivity contribution is 7.13. The Bertz CT molecular complexity index is 834. The minimum Gasteiger partial charge on any atom is -0.482 e. The van der Waals surface area contributed by atoms with Crippen LogP contribution in [-0.2, 0) is 20.9 Å². The van der Waals surface area contributed by atoms with Crippen molar-refractivity contribution in [1.82, 2.24) is 9.88 Å². The Hall–Kier alpha value is -2.49. The lowest BCUT2D eigenvalue weighted by molar-refractivity contribution is -0.123. The first-order valence-corrected chi connectivity index (χ1v) is 9.63. The molecule has 8 nitrogen and oxygen atoms in total. The number of carbonyl (C=O) groups excluding carboxylic acids is 2. The fraction of sp³-hybridized carbons (Fsp3) is 0.389. The quantitative estimate of drug-likeness (QED) is 0.832. The molecule has 1 fully saturated rings. The lowest BCUT2D eigenvalue weighted by atomic mass is 10.2. The van der Waals surface area contributed by atoms with Gasteiger partial charge < -0.3 is 14.8 Å². The molecule has 1 aromatic heterocycles. The molecule has 27 heavy (non-hydrogen) atoms. The van der Waals surface area contributed by atoms with Crippen LogP contribution < -0.4 is 15.0 Å². The second-order valence-electron chi connectivity index (χ2n) is 6.32. The Morgan fingerprint density at radius 1 is 1.26 bits per heavy atom. The number of hydrogen-bond donors (Lipinski definition) is 1. The molecule has 0 atom stereocenters. The number of morpholine rings is 1. The third kappa shape index (κ3) is 4.26. The average Bonchev–Trinajstić information content (AvgIpc) is 3.11. The van der Waals surface area contributed by atoms with Gasteiger partial charge in [-0.15, -0.1) is 11.3 Å². The molecule has 9 heteroatoms. The second kappa shape index (κ2) is 8.03. The van der Waals surface area contributed by atoms with Gasteiger partial charge >= 0.3 is 0 Å².